The van der Waals surface area contributed by atoms with Gasteiger partial charge in [-0.2, -0.15) is 0 Å². The SMILES string of the molecule is COC(=O)C(C)(N)CCSc1ccoc1C. The van der Waals surface area contributed by atoms with Crippen molar-refractivity contribution in [1.29, 1.82) is 0 Å². The van der Waals surface area contributed by atoms with E-state index in [-0.39, 0.29) is 5.97 Å². The molecule has 1 unspecified atom stereocenters. The van der Waals surface area contributed by atoms with Gasteiger partial charge in [-0.1, -0.05) is 0 Å². The van der Waals surface area contributed by atoms with Crippen LogP contribution in [0.4, 0.5) is 0 Å². The smallest absolute Gasteiger partial charge is 0.325 e. The maximum absolute atomic E-state index is 11.3. The minimum atomic E-state index is -0.917. The number of nitrogens with two attached hydrogens (primary N) is 1. The highest BCUT2D eigenvalue weighted by molar-refractivity contribution is 7.99. The third kappa shape index (κ3) is 3.28. The van der Waals surface area contributed by atoms with Crippen LogP contribution >= 0.6 is 11.8 Å². The Bertz CT molecular complexity index is 360. The summed E-state index contributed by atoms with van der Waals surface area (Å²) in [5, 5.41) is 0. The molecule has 1 heterocycles. The van der Waals surface area contributed by atoms with Gasteiger partial charge >= 0.3 is 5.97 Å². The minimum Gasteiger partial charge on any atom is -0.468 e. The van der Waals surface area contributed by atoms with Crippen LogP contribution in [0.3, 0.4) is 0 Å². The van der Waals surface area contributed by atoms with Gasteiger partial charge in [-0.05, 0) is 26.3 Å². The van der Waals surface area contributed by atoms with E-state index in [1.54, 1.807) is 24.9 Å². The Hall–Kier alpha value is -0.940. The van der Waals surface area contributed by atoms with Gasteiger partial charge < -0.3 is 14.9 Å². The van der Waals surface area contributed by atoms with Crippen LogP contribution in [0, 0.1) is 6.92 Å². The van der Waals surface area contributed by atoms with Crippen molar-refractivity contribution in [1.82, 2.24) is 0 Å². The topological polar surface area (TPSA) is 65.5 Å². The predicted molar refractivity (Wildman–Crippen MR) is 63.4 cm³/mol. The molecule has 0 saturated carbocycles. The molecule has 0 amide bonds. The quantitative estimate of drug-likeness (QED) is 0.632. The summed E-state index contributed by atoms with van der Waals surface area (Å²) >= 11 is 1.63. The van der Waals surface area contributed by atoms with E-state index in [0.29, 0.717) is 6.42 Å². The zero-order chi connectivity index (χ0) is 12.2. The summed E-state index contributed by atoms with van der Waals surface area (Å²) in [7, 11) is 1.35. The highest BCUT2D eigenvalue weighted by atomic mass is 32.2. The summed E-state index contributed by atoms with van der Waals surface area (Å²) in [6, 6.07) is 1.91. The van der Waals surface area contributed by atoms with E-state index in [2.05, 4.69) is 4.74 Å². The van der Waals surface area contributed by atoms with E-state index in [9.17, 15) is 4.79 Å². The second-order valence-electron chi connectivity index (χ2n) is 3.85. The van der Waals surface area contributed by atoms with Crippen molar-refractivity contribution >= 4 is 17.7 Å². The van der Waals surface area contributed by atoms with Crippen molar-refractivity contribution in [3.8, 4) is 0 Å². The lowest BCUT2D eigenvalue weighted by Gasteiger charge is -2.20. The fourth-order valence-electron chi connectivity index (χ4n) is 1.23. The lowest BCUT2D eigenvalue weighted by molar-refractivity contribution is -0.146. The van der Waals surface area contributed by atoms with Crippen LogP contribution < -0.4 is 5.73 Å². The van der Waals surface area contributed by atoms with Crippen molar-refractivity contribution < 1.29 is 13.9 Å². The molecule has 0 saturated heterocycles. The van der Waals surface area contributed by atoms with Gasteiger partial charge in [-0.3, -0.25) is 4.79 Å². The second kappa shape index (κ2) is 5.41. The summed E-state index contributed by atoms with van der Waals surface area (Å²) < 4.78 is 9.81. The van der Waals surface area contributed by atoms with Gasteiger partial charge in [0, 0.05) is 10.6 Å². The summed E-state index contributed by atoms with van der Waals surface area (Å²) in [5.41, 5.74) is 4.92. The first-order valence-corrected chi connectivity index (χ1v) is 6.00. The normalized spacial score (nSPS) is 14.5. The fourth-order valence-corrected chi connectivity index (χ4v) is 2.38. The van der Waals surface area contributed by atoms with E-state index in [1.165, 1.54) is 7.11 Å². The molecule has 16 heavy (non-hydrogen) atoms. The highest BCUT2D eigenvalue weighted by Crippen LogP contribution is 2.25. The Balaban J connectivity index is 2.41. The first-order chi connectivity index (χ1) is 7.47. The summed E-state index contributed by atoms with van der Waals surface area (Å²) in [4.78, 5) is 12.4. The lowest BCUT2D eigenvalue weighted by atomic mass is 10.0. The number of thioether (sulfide) groups is 1. The van der Waals surface area contributed by atoms with Gasteiger partial charge in [0.1, 0.15) is 11.3 Å². The molecule has 5 heteroatoms. The van der Waals surface area contributed by atoms with Crippen LogP contribution in [0.2, 0.25) is 0 Å². The molecule has 0 bridgehead atoms. The lowest BCUT2D eigenvalue weighted by Crippen LogP contribution is -2.46. The number of aryl methyl sites for hydroxylation is 1. The molecule has 1 aromatic rings. The number of hydrogen-bond acceptors (Lipinski definition) is 5. The van der Waals surface area contributed by atoms with Crippen molar-refractivity contribution in [2.75, 3.05) is 12.9 Å². The minimum absolute atomic E-state index is 0.378. The van der Waals surface area contributed by atoms with Crippen LogP contribution in [0.15, 0.2) is 21.6 Å². The molecule has 1 atom stereocenters. The molecular weight excluding hydrogens is 226 g/mol. The number of carbonyl (C=O) groups excluding carboxylic acids is 1. The molecule has 0 radical (unpaired) electrons. The molecule has 90 valence electrons. The van der Waals surface area contributed by atoms with Gasteiger partial charge in [-0.25, -0.2) is 0 Å². The van der Waals surface area contributed by atoms with Gasteiger partial charge in [-0.15, -0.1) is 11.8 Å². The monoisotopic (exact) mass is 243 g/mol. The van der Waals surface area contributed by atoms with Crippen LogP contribution in [0.25, 0.3) is 0 Å². The van der Waals surface area contributed by atoms with Crippen LogP contribution in [0.1, 0.15) is 19.1 Å². The third-order valence-corrected chi connectivity index (χ3v) is 3.48. The zero-order valence-corrected chi connectivity index (χ0v) is 10.6. The van der Waals surface area contributed by atoms with E-state index in [1.807, 2.05) is 13.0 Å². The molecular formula is C11H17NO3S. The molecule has 0 aromatic carbocycles. The number of carbonyl (C=O) groups is 1. The molecule has 0 aliphatic carbocycles. The van der Waals surface area contributed by atoms with E-state index >= 15 is 0 Å². The molecule has 1 aromatic heterocycles. The van der Waals surface area contributed by atoms with E-state index in [0.717, 1.165) is 16.4 Å². The van der Waals surface area contributed by atoms with E-state index < -0.39 is 5.54 Å². The number of methoxy groups -OCH3 is 1. The fraction of sp³-hybridized carbons (Fsp3) is 0.545. The Labute approximate surface area is 99.5 Å². The molecule has 4 nitrogen and oxygen atoms in total. The molecule has 0 fully saturated rings. The maximum atomic E-state index is 11.3. The largest absolute Gasteiger partial charge is 0.468 e. The molecule has 2 N–H and O–H groups in total. The van der Waals surface area contributed by atoms with Crippen molar-refractivity contribution in [3.63, 3.8) is 0 Å². The Kier molecular flexibility index (Phi) is 4.44. The average Bonchev–Trinajstić information content (AvgIpc) is 2.63. The Morgan fingerprint density at radius 3 is 2.88 bits per heavy atom. The second-order valence-corrected chi connectivity index (χ2v) is 4.99. The molecule has 0 spiro atoms. The average molecular weight is 243 g/mol. The first kappa shape index (κ1) is 13.1. The van der Waals surface area contributed by atoms with Crippen molar-refractivity contribution in [3.05, 3.63) is 18.1 Å². The van der Waals surface area contributed by atoms with Gasteiger partial charge in [0.25, 0.3) is 0 Å². The summed E-state index contributed by atoms with van der Waals surface area (Å²) in [6.07, 6.45) is 2.22. The van der Waals surface area contributed by atoms with Crippen LogP contribution in [-0.2, 0) is 9.53 Å². The first-order valence-electron chi connectivity index (χ1n) is 5.01. The van der Waals surface area contributed by atoms with Gasteiger partial charge in [0.05, 0.1) is 13.4 Å². The van der Waals surface area contributed by atoms with Crippen molar-refractivity contribution in [2.24, 2.45) is 5.73 Å². The standard InChI is InChI=1S/C11H17NO3S/c1-8-9(4-6-15-8)16-7-5-11(2,12)10(13)14-3/h4,6H,5,7,12H2,1-3H3. The summed E-state index contributed by atoms with van der Waals surface area (Å²) in [5.74, 6) is 1.27. The summed E-state index contributed by atoms with van der Waals surface area (Å²) in [6.45, 7) is 3.59. The van der Waals surface area contributed by atoms with Crippen molar-refractivity contribution in [2.45, 2.75) is 30.7 Å². The van der Waals surface area contributed by atoms with Crippen LogP contribution in [0.5, 0.6) is 0 Å². The van der Waals surface area contributed by atoms with Gasteiger partial charge in [0.2, 0.25) is 0 Å². The predicted octanol–water partition coefficient (Wildman–Crippen LogP) is 1.96. The number of rotatable bonds is 5. The molecule has 0 aliphatic heterocycles. The number of furan rings is 1. The molecule has 1 rings (SSSR count). The molecule has 0 aliphatic rings. The Morgan fingerprint density at radius 1 is 1.69 bits per heavy atom. The highest BCUT2D eigenvalue weighted by Gasteiger charge is 2.28. The van der Waals surface area contributed by atoms with Gasteiger partial charge in [0.15, 0.2) is 0 Å². The number of esters is 1. The zero-order valence-electron chi connectivity index (χ0n) is 9.78. The maximum Gasteiger partial charge on any atom is 0.325 e. The number of hydrogen-bond donors (Lipinski definition) is 1. The number of ether oxygens (including phenoxy) is 1. The Morgan fingerprint density at radius 2 is 2.38 bits per heavy atom. The third-order valence-electron chi connectivity index (χ3n) is 2.34. The van der Waals surface area contributed by atoms with Crippen LogP contribution in [-0.4, -0.2) is 24.4 Å². The van der Waals surface area contributed by atoms with E-state index in [4.69, 9.17) is 10.2 Å².